The van der Waals surface area contributed by atoms with Gasteiger partial charge < -0.3 is 0 Å². The molecule has 0 N–H and O–H groups in total. The van der Waals surface area contributed by atoms with Gasteiger partial charge in [0.2, 0.25) is 0 Å². The minimum absolute atomic E-state index is 0.0590. The lowest BCUT2D eigenvalue weighted by Crippen LogP contribution is -2.25. The molecule has 3 heteroatoms. The number of rotatable bonds is 3. The molecule has 0 aliphatic rings. The van der Waals surface area contributed by atoms with Gasteiger partial charge in [-0.05, 0) is 33.6 Å². The molecule has 0 aliphatic heterocycles. The van der Waals surface area contributed by atoms with E-state index in [9.17, 15) is 4.79 Å². The molecule has 1 heterocycles. The Morgan fingerprint density at radius 1 is 1.27 bits per heavy atom. The van der Waals surface area contributed by atoms with Gasteiger partial charge in [-0.3, -0.25) is 9.48 Å². The maximum absolute atomic E-state index is 11.1. The van der Waals surface area contributed by atoms with Crippen molar-refractivity contribution in [3.8, 4) is 0 Å². The Kier molecular flexibility index (Phi) is 3.32. The third kappa shape index (κ3) is 2.11. The summed E-state index contributed by atoms with van der Waals surface area (Å²) in [4.78, 5) is 11.1. The van der Waals surface area contributed by atoms with Crippen LogP contribution in [0.5, 0.6) is 0 Å². The lowest BCUT2D eigenvalue weighted by molar-refractivity contribution is 0.112. The van der Waals surface area contributed by atoms with E-state index in [1.165, 1.54) is 0 Å². The SMILES string of the molecule is CCc1nn(C(C)(C)C)c(CC)c1C=O. The smallest absolute Gasteiger partial charge is 0.153 e. The number of aryl methyl sites for hydroxylation is 1. The number of hydrogen-bond acceptors (Lipinski definition) is 2. The fourth-order valence-electron chi connectivity index (χ4n) is 1.81. The van der Waals surface area contributed by atoms with Gasteiger partial charge in [0.05, 0.1) is 16.8 Å². The van der Waals surface area contributed by atoms with Crippen molar-refractivity contribution in [1.82, 2.24) is 9.78 Å². The van der Waals surface area contributed by atoms with Crippen LogP contribution in [0.25, 0.3) is 0 Å². The largest absolute Gasteiger partial charge is 0.298 e. The number of nitrogens with zero attached hydrogens (tertiary/aromatic N) is 2. The Morgan fingerprint density at radius 2 is 1.87 bits per heavy atom. The molecular weight excluding hydrogens is 188 g/mol. The molecule has 0 amide bonds. The molecule has 3 nitrogen and oxygen atoms in total. The van der Waals surface area contributed by atoms with Gasteiger partial charge in [0, 0.05) is 5.69 Å². The first kappa shape index (κ1) is 12.0. The maximum Gasteiger partial charge on any atom is 0.153 e. The molecule has 0 aliphatic carbocycles. The van der Waals surface area contributed by atoms with E-state index in [0.717, 1.165) is 36.1 Å². The van der Waals surface area contributed by atoms with Crippen molar-refractivity contribution < 1.29 is 4.79 Å². The van der Waals surface area contributed by atoms with E-state index in [0.29, 0.717) is 0 Å². The molecule has 1 rings (SSSR count). The van der Waals surface area contributed by atoms with E-state index < -0.39 is 0 Å². The first-order valence-electron chi connectivity index (χ1n) is 5.52. The highest BCUT2D eigenvalue weighted by molar-refractivity contribution is 5.78. The Labute approximate surface area is 91.5 Å². The van der Waals surface area contributed by atoms with Crippen LogP contribution in [0.4, 0.5) is 0 Å². The maximum atomic E-state index is 11.1. The van der Waals surface area contributed by atoms with E-state index in [-0.39, 0.29) is 5.54 Å². The third-order valence-corrected chi connectivity index (χ3v) is 2.52. The number of hydrogen-bond donors (Lipinski definition) is 0. The van der Waals surface area contributed by atoms with Crippen molar-refractivity contribution in [2.75, 3.05) is 0 Å². The monoisotopic (exact) mass is 208 g/mol. The minimum Gasteiger partial charge on any atom is -0.298 e. The minimum atomic E-state index is -0.0590. The molecule has 0 unspecified atom stereocenters. The molecule has 0 aromatic carbocycles. The van der Waals surface area contributed by atoms with Gasteiger partial charge in [-0.15, -0.1) is 0 Å². The summed E-state index contributed by atoms with van der Waals surface area (Å²) in [5.41, 5.74) is 2.69. The quantitative estimate of drug-likeness (QED) is 0.715. The summed E-state index contributed by atoms with van der Waals surface area (Å²) < 4.78 is 1.98. The van der Waals surface area contributed by atoms with Crippen LogP contribution in [0, 0.1) is 0 Å². The highest BCUT2D eigenvalue weighted by atomic mass is 16.1. The van der Waals surface area contributed by atoms with E-state index in [2.05, 4.69) is 32.8 Å². The second-order valence-corrected chi connectivity index (χ2v) is 4.71. The summed E-state index contributed by atoms with van der Waals surface area (Å²) in [6.45, 7) is 10.4. The molecule has 0 spiro atoms. The number of carbonyl (C=O) groups excluding carboxylic acids is 1. The van der Waals surface area contributed by atoms with Crippen LogP contribution in [0.3, 0.4) is 0 Å². The van der Waals surface area contributed by atoms with Gasteiger partial charge >= 0.3 is 0 Å². The molecule has 0 radical (unpaired) electrons. The van der Waals surface area contributed by atoms with E-state index >= 15 is 0 Å². The van der Waals surface area contributed by atoms with Crippen LogP contribution in [0.2, 0.25) is 0 Å². The van der Waals surface area contributed by atoms with Gasteiger partial charge in [0.1, 0.15) is 0 Å². The second kappa shape index (κ2) is 4.17. The highest BCUT2D eigenvalue weighted by Gasteiger charge is 2.22. The van der Waals surface area contributed by atoms with E-state index in [1.54, 1.807) is 0 Å². The second-order valence-electron chi connectivity index (χ2n) is 4.71. The lowest BCUT2D eigenvalue weighted by Gasteiger charge is -2.22. The molecule has 84 valence electrons. The average Bonchev–Trinajstić information content (AvgIpc) is 2.54. The zero-order chi connectivity index (χ0) is 11.6. The Balaban J connectivity index is 3.40. The summed E-state index contributed by atoms with van der Waals surface area (Å²) in [5, 5.41) is 4.53. The summed E-state index contributed by atoms with van der Waals surface area (Å²) >= 11 is 0. The zero-order valence-corrected chi connectivity index (χ0v) is 10.3. The number of aromatic nitrogens is 2. The standard InChI is InChI=1S/C12H20N2O/c1-6-10-9(8-15)11(7-2)14(13-10)12(3,4)5/h8H,6-7H2,1-5H3. The molecule has 1 aromatic rings. The fraction of sp³-hybridized carbons (Fsp3) is 0.667. The molecular formula is C12H20N2O. The van der Waals surface area contributed by atoms with Crippen LogP contribution in [0.1, 0.15) is 56.4 Å². The van der Waals surface area contributed by atoms with Gasteiger partial charge in [-0.1, -0.05) is 13.8 Å². The van der Waals surface area contributed by atoms with Gasteiger partial charge in [0.25, 0.3) is 0 Å². The van der Waals surface area contributed by atoms with Crippen molar-refractivity contribution in [3.05, 3.63) is 17.0 Å². The molecule has 0 bridgehead atoms. The summed E-state index contributed by atoms with van der Waals surface area (Å²) in [7, 11) is 0. The van der Waals surface area contributed by atoms with E-state index in [1.807, 2.05) is 11.6 Å². The predicted molar refractivity (Wildman–Crippen MR) is 61.4 cm³/mol. The molecule has 0 saturated heterocycles. The van der Waals surface area contributed by atoms with Crippen molar-refractivity contribution in [2.45, 2.75) is 53.0 Å². The Morgan fingerprint density at radius 3 is 2.20 bits per heavy atom. The average molecular weight is 208 g/mol. The molecule has 0 fully saturated rings. The van der Waals surface area contributed by atoms with Crippen LogP contribution in [-0.4, -0.2) is 16.1 Å². The Bertz CT molecular complexity index is 358. The summed E-state index contributed by atoms with van der Waals surface area (Å²) in [6.07, 6.45) is 2.59. The first-order chi connectivity index (χ1) is 6.95. The van der Waals surface area contributed by atoms with Gasteiger partial charge in [0.15, 0.2) is 6.29 Å². The summed E-state index contributed by atoms with van der Waals surface area (Å²) in [6, 6.07) is 0. The summed E-state index contributed by atoms with van der Waals surface area (Å²) in [5.74, 6) is 0. The predicted octanol–water partition coefficient (Wildman–Crippen LogP) is 2.58. The van der Waals surface area contributed by atoms with Crippen LogP contribution in [0.15, 0.2) is 0 Å². The fourth-order valence-corrected chi connectivity index (χ4v) is 1.81. The molecule has 0 saturated carbocycles. The van der Waals surface area contributed by atoms with Gasteiger partial charge in [-0.25, -0.2) is 0 Å². The van der Waals surface area contributed by atoms with Gasteiger partial charge in [-0.2, -0.15) is 5.10 Å². The lowest BCUT2D eigenvalue weighted by atomic mass is 10.1. The van der Waals surface area contributed by atoms with Crippen LogP contribution in [-0.2, 0) is 18.4 Å². The third-order valence-electron chi connectivity index (χ3n) is 2.52. The number of carbonyl (C=O) groups is 1. The van der Waals surface area contributed by atoms with Crippen LogP contribution < -0.4 is 0 Å². The van der Waals surface area contributed by atoms with Crippen molar-refractivity contribution in [2.24, 2.45) is 0 Å². The normalized spacial score (nSPS) is 11.8. The zero-order valence-electron chi connectivity index (χ0n) is 10.3. The number of aldehydes is 1. The van der Waals surface area contributed by atoms with Crippen molar-refractivity contribution >= 4 is 6.29 Å². The highest BCUT2D eigenvalue weighted by Crippen LogP contribution is 2.21. The van der Waals surface area contributed by atoms with E-state index in [4.69, 9.17) is 0 Å². The van der Waals surface area contributed by atoms with Crippen LogP contribution >= 0.6 is 0 Å². The van der Waals surface area contributed by atoms with Crippen molar-refractivity contribution in [3.63, 3.8) is 0 Å². The molecule has 0 atom stereocenters. The molecule has 15 heavy (non-hydrogen) atoms. The molecule has 1 aromatic heterocycles. The first-order valence-corrected chi connectivity index (χ1v) is 5.52. The Hall–Kier alpha value is -1.12. The topological polar surface area (TPSA) is 34.9 Å². The van der Waals surface area contributed by atoms with Crippen molar-refractivity contribution in [1.29, 1.82) is 0 Å².